The summed E-state index contributed by atoms with van der Waals surface area (Å²) in [5, 5.41) is 6.68. The zero-order valence-corrected chi connectivity index (χ0v) is 17.8. The van der Waals surface area contributed by atoms with Gasteiger partial charge in [-0.2, -0.15) is 0 Å². The fraction of sp³-hybridized carbons (Fsp3) is 0.632. The second kappa shape index (κ2) is 13.4. The van der Waals surface area contributed by atoms with Gasteiger partial charge < -0.3 is 20.1 Å². The number of rotatable bonds is 9. The lowest BCUT2D eigenvalue weighted by Gasteiger charge is -2.12. The minimum Gasteiger partial charge on any atom is -0.379 e. The molecular formula is C19H32IN3O2. The van der Waals surface area contributed by atoms with Crippen molar-refractivity contribution in [1.82, 2.24) is 10.6 Å². The van der Waals surface area contributed by atoms with Gasteiger partial charge in [-0.15, -0.1) is 24.0 Å². The number of aryl methyl sites for hydroxylation is 1. The zero-order valence-electron chi connectivity index (χ0n) is 15.4. The summed E-state index contributed by atoms with van der Waals surface area (Å²) >= 11 is 0. The van der Waals surface area contributed by atoms with Crippen LogP contribution in [0, 0.1) is 6.92 Å². The fourth-order valence-electron chi connectivity index (χ4n) is 2.57. The van der Waals surface area contributed by atoms with Crippen LogP contribution < -0.4 is 10.6 Å². The molecule has 5 nitrogen and oxygen atoms in total. The molecule has 1 atom stereocenters. The number of aliphatic imine (C=N–C) groups is 1. The topological polar surface area (TPSA) is 54.9 Å². The first-order valence-corrected chi connectivity index (χ1v) is 9.05. The molecule has 1 fully saturated rings. The van der Waals surface area contributed by atoms with E-state index in [0.717, 1.165) is 64.7 Å². The van der Waals surface area contributed by atoms with Crippen molar-refractivity contribution < 1.29 is 9.47 Å². The molecule has 1 aliphatic rings. The van der Waals surface area contributed by atoms with E-state index in [-0.39, 0.29) is 30.1 Å². The van der Waals surface area contributed by atoms with E-state index in [4.69, 9.17) is 9.47 Å². The normalized spacial score (nSPS) is 17.2. The van der Waals surface area contributed by atoms with E-state index in [9.17, 15) is 0 Å². The fourth-order valence-corrected chi connectivity index (χ4v) is 2.57. The molecule has 0 radical (unpaired) electrons. The number of hydrogen-bond acceptors (Lipinski definition) is 3. The molecule has 0 saturated carbocycles. The monoisotopic (exact) mass is 461 g/mol. The molecule has 0 aromatic heterocycles. The lowest BCUT2D eigenvalue weighted by atomic mass is 10.1. The first kappa shape index (κ1) is 22.2. The Morgan fingerprint density at radius 1 is 1.28 bits per heavy atom. The summed E-state index contributed by atoms with van der Waals surface area (Å²) < 4.78 is 11.1. The number of nitrogens with one attached hydrogen (secondary N) is 2. The number of guanidine groups is 1. The molecule has 1 saturated heterocycles. The molecular weight excluding hydrogens is 429 g/mol. The highest BCUT2D eigenvalue weighted by molar-refractivity contribution is 14.0. The summed E-state index contributed by atoms with van der Waals surface area (Å²) in [7, 11) is 0. The Kier molecular flexibility index (Phi) is 11.9. The second-order valence-corrected chi connectivity index (χ2v) is 6.13. The van der Waals surface area contributed by atoms with E-state index < -0.39 is 0 Å². The summed E-state index contributed by atoms with van der Waals surface area (Å²) in [4.78, 5) is 4.61. The van der Waals surface area contributed by atoms with E-state index in [0.29, 0.717) is 0 Å². The van der Waals surface area contributed by atoms with Crippen molar-refractivity contribution in [2.75, 3.05) is 39.5 Å². The molecule has 1 heterocycles. The van der Waals surface area contributed by atoms with Gasteiger partial charge in [0.2, 0.25) is 0 Å². The number of benzene rings is 1. The van der Waals surface area contributed by atoms with Gasteiger partial charge in [-0.1, -0.05) is 29.8 Å². The molecule has 1 unspecified atom stereocenters. The van der Waals surface area contributed by atoms with Gasteiger partial charge in [-0.05, 0) is 38.7 Å². The minimum atomic E-state index is 0. The van der Waals surface area contributed by atoms with E-state index in [1.807, 2.05) is 0 Å². The maximum absolute atomic E-state index is 5.76. The van der Waals surface area contributed by atoms with Crippen LogP contribution >= 0.6 is 24.0 Å². The van der Waals surface area contributed by atoms with Crippen LogP contribution in [0.4, 0.5) is 0 Å². The summed E-state index contributed by atoms with van der Waals surface area (Å²) in [6.07, 6.45) is 3.24. The summed E-state index contributed by atoms with van der Waals surface area (Å²) in [5.74, 6) is 0.883. The van der Waals surface area contributed by atoms with E-state index in [1.165, 1.54) is 11.1 Å². The Hall–Kier alpha value is -0.860. The highest BCUT2D eigenvalue weighted by Gasteiger charge is 2.15. The van der Waals surface area contributed by atoms with E-state index >= 15 is 0 Å². The Bertz CT molecular complexity index is 488. The third kappa shape index (κ3) is 9.42. The molecule has 25 heavy (non-hydrogen) atoms. The third-order valence-electron chi connectivity index (χ3n) is 3.98. The predicted octanol–water partition coefficient (Wildman–Crippen LogP) is 2.91. The first-order valence-electron chi connectivity index (χ1n) is 9.05. The van der Waals surface area contributed by atoms with Crippen LogP contribution in [0.2, 0.25) is 0 Å². The number of nitrogens with zero attached hydrogens (tertiary/aromatic N) is 1. The molecule has 1 aromatic rings. The van der Waals surface area contributed by atoms with Crippen LogP contribution in [0.1, 0.15) is 30.9 Å². The molecule has 0 aliphatic carbocycles. The number of hydrogen-bond donors (Lipinski definition) is 2. The second-order valence-electron chi connectivity index (χ2n) is 6.13. The lowest BCUT2D eigenvalue weighted by Crippen LogP contribution is -2.38. The van der Waals surface area contributed by atoms with Crippen LogP contribution in [0.15, 0.2) is 29.3 Å². The summed E-state index contributed by atoms with van der Waals surface area (Å²) in [5.41, 5.74) is 2.64. The highest BCUT2D eigenvalue weighted by atomic mass is 127. The predicted molar refractivity (Wildman–Crippen MR) is 114 cm³/mol. The van der Waals surface area contributed by atoms with Gasteiger partial charge >= 0.3 is 0 Å². The largest absolute Gasteiger partial charge is 0.379 e. The van der Waals surface area contributed by atoms with Gasteiger partial charge in [0.1, 0.15) is 0 Å². The number of halogens is 1. The van der Waals surface area contributed by atoms with Crippen molar-refractivity contribution in [3.05, 3.63) is 35.4 Å². The van der Waals surface area contributed by atoms with Crippen molar-refractivity contribution in [2.45, 2.75) is 39.2 Å². The summed E-state index contributed by atoms with van der Waals surface area (Å²) in [6.45, 7) is 9.04. The van der Waals surface area contributed by atoms with Crippen LogP contribution in [0.25, 0.3) is 0 Å². The minimum absolute atomic E-state index is 0. The Labute approximate surface area is 169 Å². The van der Waals surface area contributed by atoms with Gasteiger partial charge in [-0.3, -0.25) is 4.99 Å². The zero-order chi connectivity index (χ0) is 17.0. The average molecular weight is 461 g/mol. The quantitative estimate of drug-likeness (QED) is 0.257. The van der Waals surface area contributed by atoms with Crippen LogP contribution in [-0.2, 0) is 15.9 Å². The smallest absolute Gasteiger partial charge is 0.191 e. The van der Waals surface area contributed by atoms with Gasteiger partial charge in [0, 0.05) is 32.8 Å². The van der Waals surface area contributed by atoms with Crippen LogP contribution in [0.3, 0.4) is 0 Å². The summed E-state index contributed by atoms with van der Waals surface area (Å²) in [6, 6.07) is 8.68. The molecule has 2 rings (SSSR count). The standard InChI is InChI=1S/C19H31N3O2.HI/c1-3-20-19(21-11-4-13-24-18-10-14-23-15-18)22-12-9-17-7-5-16(2)6-8-17;/h5-8,18H,3-4,9-15H2,1-2H3,(H2,20,21,22);1H. The molecule has 0 bridgehead atoms. The van der Waals surface area contributed by atoms with Gasteiger partial charge in [-0.25, -0.2) is 0 Å². The van der Waals surface area contributed by atoms with E-state index in [1.54, 1.807) is 0 Å². The molecule has 6 heteroatoms. The van der Waals surface area contributed by atoms with E-state index in [2.05, 4.69) is 53.7 Å². The maximum Gasteiger partial charge on any atom is 0.191 e. The Morgan fingerprint density at radius 3 is 2.76 bits per heavy atom. The molecule has 142 valence electrons. The lowest BCUT2D eigenvalue weighted by molar-refractivity contribution is 0.0424. The van der Waals surface area contributed by atoms with Crippen molar-refractivity contribution in [1.29, 1.82) is 0 Å². The molecule has 1 aromatic carbocycles. The first-order chi connectivity index (χ1) is 11.8. The van der Waals surface area contributed by atoms with Gasteiger partial charge in [0.15, 0.2) is 5.96 Å². The number of ether oxygens (including phenoxy) is 2. The highest BCUT2D eigenvalue weighted by Crippen LogP contribution is 2.08. The van der Waals surface area contributed by atoms with Crippen LogP contribution in [-0.4, -0.2) is 51.5 Å². The van der Waals surface area contributed by atoms with Crippen molar-refractivity contribution in [3.8, 4) is 0 Å². The van der Waals surface area contributed by atoms with Crippen molar-refractivity contribution in [3.63, 3.8) is 0 Å². The average Bonchev–Trinajstić information content (AvgIpc) is 3.10. The Balaban J connectivity index is 0.00000312. The SMILES string of the molecule is CCNC(=NCCCOC1CCOC1)NCCc1ccc(C)cc1.I. The van der Waals surface area contributed by atoms with Gasteiger partial charge in [0.05, 0.1) is 12.7 Å². The molecule has 1 aliphatic heterocycles. The molecule has 2 N–H and O–H groups in total. The third-order valence-corrected chi connectivity index (χ3v) is 3.98. The van der Waals surface area contributed by atoms with Crippen molar-refractivity contribution >= 4 is 29.9 Å². The molecule has 0 amide bonds. The maximum atomic E-state index is 5.76. The van der Waals surface area contributed by atoms with Crippen molar-refractivity contribution in [2.24, 2.45) is 4.99 Å². The van der Waals surface area contributed by atoms with Gasteiger partial charge in [0.25, 0.3) is 0 Å². The van der Waals surface area contributed by atoms with Crippen LogP contribution in [0.5, 0.6) is 0 Å². The molecule has 0 spiro atoms. The Morgan fingerprint density at radius 2 is 2.08 bits per heavy atom.